The zero-order valence-electron chi connectivity index (χ0n) is 36.3. The summed E-state index contributed by atoms with van der Waals surface area (Å²) >= 11 is 0. The number of nitrogens with one attached hydrogen (secondary N) is 2. The number of aromatic nitrogens is 2. The standard InChI is InChI=1S/C24H28N4O4.C24H25N3O3/c1-5-26-24(29)21-20(23(25)27-30)22(32-28-21)18-12-17(14(2)3)15(4)11-19(18)31-13-16-9-7-6-8-10-16;1-5-26-24(28)22-20(13-25)23(30-27-22)19-12-18(15(2)3)16(4)11-21(19)29-14-17-9-7-6-8-10-17/h6-12,14,30H,5,13H2,1-4H3,(H2,25,27)(H,26,29);6-12,15H,5,14H2,1-4H3,(H,26,28). The number of aryl methyl sites for hydroxylation is 2. The number of carbonyl (C=O) groups is 2. The maximum atomic E-state index is 12.5. The Labute approximate surface area is 361 Å². The third kappa shape index (κ3) is 10.7. The van der Waals surface area contributed by atoms with Gasteiger partial charge < -0.3 is 40.1 Å². The Balaban J connectivity index is 0.000000235. The molecule has 0 bridgehead atoms. The number of oxime groups is 1. The number of carbonyl (C=O) groups excluding carboxylic acids is 2. The van der Waals surface area contributed by atoms with E-state index < -0.39 is 11.8 Å². The van der Waals surface area contributed by atoms with Gasteiger partial charge in [-0.1, -0.05) is 104 Å². The Morgan fingerprint density at radius 3 is 1.61 bits per heavy atom. The third-order valence-electron chi connectivity index (χ3n) is 9.91. The van der Waals surface area contributed by atoms with Crippen LogP contribution in [-0.2, 0) is 13.2 Å². The van der Waals surface area contributed by atoms with Gasteiger partial charge in [-0.2, -0.15) is 5.26 Å². The highest BCUT2D eigenvalue weighted by atomic mass is 16.5. The summed E-state index contributed by atoms with van der Waals surface area (Å²) in [6.45, 7) is 17.5. The fourth-order valence-corrected chi connectivity index (χ4v) is 6.84. The minimum atomic E-state index is -0.480. The van der Waals surface area contributed by atoms with Gasteiger partial charge in [0.05, 0.1) is 11.1 Å². The zero-order valence-corrected chi connectivity index (χ0v) is 36.3. The molecule has 0 aliphatic rings. The SMILES string of the molecule is CCNC(=O)c1noc(-c2cc(C(C)C)c(C)cc2OCc2ccccc2)c1C#N.CCNC(=O)c1noc(-c2cc(C(C)C)c(C)cc2OCc2ccccc2)c1C(N)=NO. The highest BCUT2D eigenvalue weighted by Gasteiger charge is 2.29. The number of hydrogen-bond acceptors (Lipinski definition) is 11. The van der Waals surface area contributed by atoms with Crippen LogP contribution in [0.1, 0.15) is 119 Å². The molecule has 0 atom stereocenters. The molecular weight excluding hydrogens is 787 g/mol. The van der Waals surface area contributed by atoms with Gasteiger partial charge in [-0.3, -0.25) is 9.59 Å². The summed E-state index contributed by atoms with van der Waals surface area (Å²) in [4.78, 5) is 24.8. The first-order chi connectivity index (χ1) is 29.8. The van der Waals surface area contributed by atoms with E-state index in [9.17, 15) is 20.1 Å². The minimum absolute atomic E-state index is 0.0185. The van der Waals surface area contributed by atoms with Crippen LogP contribution in [0.25, 0.3) is 22.6 Å². The van der Waals surface area contributed by atoms with Crippen LogP contribution in [0.3, 0.4) is 0 Å². The van der Waals surface area contributed by atoms with Gasteiger partial charge in [0.1, 0.15) is 41.9 Å². The zero-order chi connectivity index (χ0) is 44.9. The second-order valence-corrected chi connectivity index (χ2v) is 15.1. The monoisotopic (exact) mass is 839 g/mol. The molecule has 5 N–H and O–H groups in total. The number of amidine groups is 1. The fraction of sp³-hybridized carbons (Fsp3) is 0.292. The van der Waals surface area contributed by atoms with Crippen molar-refractivity contribution in [2.75, 3.05) is 13.1 Å². The fourth-order valence-electron chi connectivity index (χ4n) is 6.84. The molecular formula is C48H53N7O7. The van der Waals surface area contributed by atoms with Crippen molar-refractivity contribution in [3.8, 4) is 40.2 Å². The predicted octanol–water partition coefficient (Wildman–Crippen LogP) is 9.17. The number of nitrogens with zero attached hydrogens (tertiary/aromatic N) is 4. The Hall–Kier alpha value is -7.40. The molecule has 0 spiro atoms. The van der Waals surface area contributed by atoms with E-state index in [-0.39, 0.29) is 51.7 Å². The van der Waals surface area contributed by atoms with E-state index in [1.807, 2.05) is 98.8 Å². The van der Waals surface area contributed by atoms with Gasteiger partial charge in [0.2, 0.25) is 0 Å². The summed E-state index contributed by atoms with van der Waals surface area (Å²) < 4.78 is 23.3. The first kappa shape index (κ1) is 45.7. The number of nitrogens with two attached hydrogens (primary N) is 1. The second-order valence-electron chi connectivity index (χ2n) is 15.1. The highest BCUT2D eigenvalue weighted by molar-refractivity contribution is 6.11. The number of nitriles is 1. The summed E-state index contributed by atoms with van der Waals surface area (Å²) in [6, 6.07) is 29.4. The molecule has 0 fully saturated rings. The van der Waals surface area contributed by atoms with E-state index in [4.69, 9.17) is 24.3 Å². The molecule has 0 radical (unpaired) electrons. The van der Waals surface area contributed by atoms with Crippen LogP contribution in [0.15, 0.2) is 99.1 Å². The minimum Gasteiger partial charge on any atom is -0.488 e. The molecule has 62 heavy (non-hydrogen) atoms. The van der Waals surface area contributed by atoms with Gasteiger partial charge >= 0.3 is 0 Å². The average molecular weight is 840 g/mol. The van der Waals surface area contributed by atoms with Gasteiger partial charge in [-0.05, 0) is 97.2 Å². The number of benzene rings is 4. The van der Waals surface area contributed by atoms with Gasteiger partial charge in [-0.15, -0.1) is 0 Å². The molecule has 0 saturated carbocycles. The van der Waals surface area contributed by atoms with Crippen LogP contribution in [0, 0.1) is 25.2 Å². The quantitative estimate of drug-likeness (QED) is 0.0331. The Morgan fingerprint density at radius 1 is 0.742 bits per heavy atom. The molecule has 14 nitrogen and oxygen atoms in total. The molecule has 0 saturated heterocycles. The summed E-state index contributed by atoms with van der Waals surface area (Å²) in [5.74, 6) is 0.868. The number of rotatable bonds is 15. The molecule has 6 rings (SSSR count). The topological polar surface area (TPSA) is 211 Å². The first-order valence-electron chi connectivity index (χ1n) is 20.4. The van der Waals surface area contributed by atoms with E-state index in [0.717, 1.165) is 33.4 Å². The van der Waals surface area contributed by atoms with Crippen LogP contribution in [0.5, 0.6) is 11.5 Å². The first-order valence-corrected chi connectivity index (χ1v) is 20.4. The van der Waals surface area contributed by atoms with Crippen molar-refractivity contribution in [1.82, 2.24) is 20.9 Å². The molecule has 0 unspecified atom stereocenters. The average Bonchev–Trinajstić information content (AvgIpc) is 3.91. The molecule has 2 heterocycles. The lowest BCUT2D eigenvalue weighted by atomic mass is 9.93. The number of amides is 2. The van der Waals surface area contributed by atoms with Crippen molar-refractivity contribution in [2.24, 2.45) is 10.9 Å². The lowest BCUT2D eigenvalue weighted by Gasteiger charge is -2.17. The predicted molar refractivity (Wildman–Crippen MR) is 236 cm³/mol. The van der Waals surface area contributed by atoms with Crippen molar-refractivity contribution < 1.29 is 33.3 Å². The second kappa shape index (κ2) is 21.2. The van der Waals surface area contributed by atoms with E-state index >= 15 is 0 Å². The van der Waals surface area contributed by atoms with E-state index in [2.05, 4.69) is 59.9 Å². The smallest absolute Gasteiger partial charge is 0.274 e. The van der Waals surface area contributed by atoms with Crippen LogP contribution in [-0.4, -0.2) is 46.3 Å². The number of hydrogen-bond donors (Lipinski definition) is 4. The van der Waals surface area contributed by atoms with Crippen LogP contribution < -0.4 is 25.8 Å². The van der Waals surface area contributed by atoms with Crippen molar-refractivity contribution >= 4 is 17.6 Å². The molecule has 6 aromatic rings. The molecule has 14 heteroatoms. The molecule has 4 aromatic carbocycles. The van der Waals surface area contributed by atoms with Crippen LogP contribution in [0.4, 0.5) is 0 Å². The van der Waals surface area contributed by atoms with E-state index in [1.165, 1.54) is 0 Å². The maximum absolute atomic E-state index is 12.5. The Bertz CT molecular complexity index is 2550. The summed E-state index contributed by atoms with van der Waals surface area (Å²) in [5.41, 5.74) is 13.6. The molecule has 0 aliphatic carbocycles. The largest absolute Gasteiger partial charge is 0.488 e. The Morgan fingerprint density at radius 2 is 1.18 bits per heavy atom. The lowest BCUT2D eigenvalue weighted by Crippen LogP contribution is -2.26. The summed E-state index contributed by atoms with van der Waals surface area (Å²) in [7, 11) is 0. The third-order valence-corrected chi connectivity index (χ3v) is 9.91. The highest BCUT2D eigenvalue weighted by Crippen LogP contribution is 2.40. The van der Waals surface area contributed by atoms with Gasteiger partial charge in [0.25, 0.3) is 11.8 Å². The van der Waals surface area contributed by atoms with Gasteiger partial charge in [0.15, 0.2) is 28.7 Å². The molecule has 0 aliphatic heterocycles. The molecule has 2 amide bonds. The van der Waals surface area contributed by atoms with Crippen molar-refractivity contribution in [3.63, 3.8) is 0 Å². The van der Waals surface area contributed by atoms with E-state index in [0.29, 0.717) is 48.9 Å². The van der Waals surface area contributed by atoms with E-state index in [1.54, 1.807) is 13.8 Å². The Kier molecular flexibility index (Phi) is 15.6. The van der Waals surface area contributed by atoms with Crippen molar-refractivity contribution in [2.45, 2.75) is 80.4 Å². The summed E-state index contributed by atoms with van der Waals surface area (Å²) in [5, 5.41) is 35.3. The van der Waals surface area contributed by atoms with Gasteiger partial charge in [0, 0.05) is 13.1 Å². The maximum Gasteiger partial charge on any atom is 0.274 e. The summed E-state index contributed by atoms with van der Waals surface area (Å²) in [6.07, 6.45) is 0. The van der Waals surface area contributed by atoms with Crippen molar-refractivity contribution in [1.29, 1.82) is 5.26 Å². The lowest BCUT2D eigenvalue weighted by molar-refractivity contribution is 0.0938. The van der Waals surface area contributed by atoms with Crippen LogP contribution in [0.2, 0.25) is 0 Å². The molecule has 322 valence electrons. The molecule has 2 aromatic heterocycles. The van der Waals surface area contributed by atoms with Crippen LogP contribution >= 0.6 is 0 Å². The van der Waals surface area contributed by atoms with Crippen molar-refractivity contribution in [3.05, 3.63) is 141 Å². The normalized spacial score (nSPS) is 11.1. The van der Waals surface area contributed by atoms with Gasteiger partial charge in [-0.25, -0.2) is 0 Å². The number of ether oxygens (including phenoxy) is 2.